The second-order valence-corrected chi connectivity index (χ2v) is 5.18. The molecule has 22 heavy (non-hydrogen) atoms. The molecule has 0 aliphatic rings. The lowest BCUT2D eigenvalue weighted by molar-refractivity contribution is -0.143. The van der Waals surface area contributed by atoms with Crippen LogP contribution in [0, 0.1) is 0 Å². The van der Waals surface area contributed by atoms with Crippen LogP contribution in [0.1, 0.15) is 11.1 Å². The third kappa shape index (κ3) is 5.63. The SMILES string of the molecule is C=CCSCC(=O)Nc1cc(C(F)(F)F)cc(C(F)(F)F)c1. The van der Waals surface area contributed by atoms with Gasteiger partial charge in [0, 0.05) is 11.4 Å². The van der Waals surface area contributed by atoms with Crippen molar-refractivity contribution in [2.75, 3.05) is 16.8 Å². The molecule has 0 saturated heterocycles. The van der Waals surface area contributed by atoms with E-state index in [1.165, 1.54) is 6.08 Å². The summed E-state index contributed by atoms with van der Waals surface area (Å²) in [5.41, 5.74) is -3.50. The lowest BCUT2D eigenvalue weighted by Gasteiger charge is -2.14. The fourth-order valence-corrected chi connectivity index (χ4v) is 2.00. The Labute approximate surface area is 126 Å². The number of thioether (sulfide) groups is 1. The molecule has 2 nitrogen and oxygen atoms in total. The Balaban J connectivity index is 3.03. The summed E-state index contributed by atoms with van der Waals surface area (Å²) in [4.78, 5) is 11.5. The second-order valence-electron chi connectivity index (χ2n) is 4.15. The molecule has 0 atom stereocenters. The number of anilines is 1. The van der Waals surface area contributed by atoms with Crippen LogP contribution in [0.5, 0.6) is 0 Å². The Morgan fingerprint density at radius 1 is 1.09 bits per heavy atom. The standard InChI is InChI=1S/C13H11F6NOS/c1-2-3-22-7-11(21)20-10-5-8(12(14,15)16)4-9(6-10)13(17,18)19/h2,4-6H,1,3,7H2,(H,20,21). The summed E-state index contributed by atoms with van der Waals surface area (Å²) in [7, 11) is 0. The van der Waals surface area contributed by atoms with Crippen molar-refractivity contribution in [1.82, 2.24) is 0 Å². The van der Waals surface area contributed by atoms with E-state index in [1.54, 1.807) is 0 Å². The third-order valence-electron chi connectivity index (χ3n) is 2.34. The highest BCUT2D eigenvalue weighted by Crippen LogP contribution is 2.37. The monoisotopic (exact) mass is 343 g/mol. The molecule has 0 saturated carbocycles. The van der Waals surface area contributed by atoms with E-state index in [2.05, 4.69) is 6.58 Å². The minimum absolute atomic E-state index is 0.00210. The second kappa shape index (κ2) is 7.08. The van der Waals surface area contributed by atoms with E-state index >= 15 is 0 Å². The molecule has 9 heteroatoms. The molecule has 1 aromatic rings. The van der Waals surface area contributed by atoms with E-state index in [0.29, 0.717) is 17.9 Å². The average molecular weight is 343 g/mol. The van der Waals surface area contributed by atoms with E-state index < -0.39 is 35.1 Å². The van der Waals surface area contributed by atoms with Crippen molar-refractivity contribution in [2.24, 2.45) is 0 Å². The van der Waals surface area contributed by atoms with Crippen molar-refractivity contribution in [1.29, 1.82) is 0 Å². The van der Waals surface area contributed by atoms with Gasteiger partial charge in [0.2, 0.25) is 5.91 Å². The molecule has 0 bridgehead atoms. The van der Waals surface area contributed by atoms with Gasteiger partial charge in [-0.05, 0) is 18.2 Å². The van der Waals surface area contributed by atoms with Crippen molar-refractivity contribution >= 4 is 23.4 Å². The van der Waals surface area contributed by atoms with Crippen LogP contribution in [0.15, 0.2) is 30.9 Å². The first-order valence-corrected chi connectivity index (χ1v) is 6.97. The van der Waals surface area contributed by atoms with Gasteiger partial charge in [-0.3, -0.25) is 4.79 Å². The number of rotatable bonds is 5. The van der Waals surface area contributed by atoms with Gasteiger partial charge >= 0.3 is 12.4 Å². The molecule has 1 aromatic carbocycles. The first-order valence-electron chi connectivity index (χ1n) is 5.82. The van der Waals surface area contributed by atoms with Gasteiger partial charge in [0.05, 0.1) is 16.9 Å². The Hall–Kier alpha value is -1.64. The Kier molecular flexibility index (Phi) is 5.92. The number of hydrogen-bond acceptors (Lipinski definition) is 2. The molecule has 0 aromatic heterocycles. The average Bonchev–Trinajstić information content (AvgIpc) is 2.36. The number of hydrogen-bond donors (Lipinski definition) is 1. The molecule has 0 aliphatic carbocycles. The number of nitrogens with one attached hydrogen (secondary N) is 1. The van der Waals surface area contributed by atoms with Gasteiger partial charge in [-0.15, -0.1) is 18.3 Å². The molecule has 1 amide bonds. The largest absolute Gasteiger partial charge is 0.416 e. The third-order valence-corrected chi connectivity index (χ3v) is 3.28. The van der Waals surface area contributed by atoms with Crippen LogP contribution in [-0.2, 0) is 17.1 Å². The van der Waals surface area contributed by atoms with Gasteiger partial charge in [-0.2, -0.15) is 26.3 Å². The molecule has 1 rings (SSSR count). The number of alkyl halides is 6. The fraction of sp³-hybridized carbons (Fsp3) is 0.308. The smallest absolute Gasteiger partial charge is 0.325 e. The molecule has 0 fully saturated rings. The van der Waals surface area contributed by atoms with Crippen LogP contribution in [0.2, 0.25) is 0 Å². The van der Waals surface area contributed by atoms with Gasteiger partial charge < -0.3 is 5.32 Å². The number of amides is 1. The van der Waals surface area contributed by atoms with Gasteiger partial charge in [-0.1, -0.05) is 6.08 Å². The van der Waals surface area contributed by atoms with E-state index in [4.69, 9.17) is 0 Å². The zero-order valence-electron chi connectivity index (χ0n) is 11.0. The van der Waals surface area contributed by atoms with Crippen molar-refractivity contribution in [2.45, 2.75) is 12.4 Å². The Morgan fingerprint density at radius 2 is 1.59 bits per heavy atom. The lowest BCUT2D eigenvalue weighted by Crippen LogP contribution is -2.17. The molecule has 0 aliphatic heterocycles. The summed E-state index contributed by atoms with van der Waals surface area (Å²) in [6.07, 6.45) is -8.37. The molecule has 0 heterocycles. The van der Waals surface area contributed by atoms with Gasteiger partial charge in [0.15, 0.2) is 0 Å². The minimum atomic E-state index is -4.95. The molecule has 0 unspecified atom stereocenters. The first kappa shape index (κ1) is 18.4. The molecule has 1 N–H and O–H groups in total. The molecule has 0 spiro atoms. The molecular weight excluding hydrogens is 332 g/mol. The fourth-order valence-electron chi connectivity index (χ4n) is 1.46. The van der Waals surface area contributed by atoms with E-state index in [1.807, 2.05) is 5.32 Å². The summed E-state index contributed by atoms with van der Waals surface area (Å²) in [6.45, 7) is 3.42. The summed E-state index contributed by atoms with van der Waals surface area (Å²) in [6, 6.07) is 0.929. The number of carbonyl (C=O) groups excluding carboxylic acids is 1. The highest BCUT2D eigenvalue weighted by molar-refractivity contribution is 8.00. The van der Waals surface area contributed by atoms with Gasteiger partial charge in [0.1, 0.15) is 0 Å². The number of benzene rings is 1. The first-order chi connectivity index (χ1) is 10.0. The molecular formula is C13H11F6NOS. The topological polar surface area (TPSA) is 29.1 Å². The van der Waals surface area contributed by atoms with Gasteiger partial charge in [-0.25, -0.2) is 0 Å². The summed E-state index contributed by atoms with van der Waals surface area (Å²) in [5, 5.41) is 2.03. The molecule has 0 radical (unpaired) electrons. The van der Waals surface area contributed by atoms with Crippen molar-refractivity contribution in [3.05, 3.63) is 42.0 Å². The predicted octanol–water partition coefficient (Wildman–Crippen LogP) is 4.58. The zero-order chi connectivity index (χ0) is 17.0. The number of halogens is 6. The summed E-state index contributed by atoms with van der Waals surface area (Å²) in [5.74, 6) is -0.368. The van der Waals surface area contributed by atoms with Crippen LogP contribution < -0.4 is 5.32 Å². The number of carbonyl (C=O) groups is 1. The van der Waals surface area contributed by atoms with E-state index in [0.717, 1.165) is 11.8 Å². The van der Waals surface area contributed by atoms with Crippen LogP contribution in [0.25, 0.3) is 0 Å². The van der Waals surface area contributed by atoms with Crippen LogP contribution >= 0.6 is 11.8 Å². The lowest BCUT2D eigenvalue weighted by atomic mass is 10.1. The van der Waals surface area contributed by atoms with Crippen molar-refractivity contribution in [3.8, 4) is 0 Å². The van der Waals surface area contributed by atoms with Crippen molar-refractivity contribution in [3.63, 3.8) is 0 Å². The van der Waals surface area contributed by atoms with Crippen LogP contribution in [0.3, 0.4) is 0 Å². The normalized spacial score (nSPS) is 12.1. The maximum absolute atomic E-state index is 12.6. The minimum Gasteiger partial charge on any atom is -0.325 e. The van der Waals surface area contributed by atoms with E-state index in [9.17, 15) is 31.1 Å². The highest BCUT2D eigenvalue weighted by Gasteiger charge is 2.37. The zero-order valence-corrected chi connectivity index (χ0v) is 11.8. The maximum Gasteiger partial charge on any atom is 0.416 e. The maximum atomic E-state index is 12.6. The quantitative estimate of drug-likeness (QED) is 0.482. The van der Waals surface area contributed by atoms with Crippen LogP contribution in [0.4, 0.5) is 32.0 Å². The van der Waals surface area contributed by atoms with E-state index in [-0.39, 0.29) is 11.8 Å². The highest BCUT2D eigenvalue weighted by atomic mass is 32.2. The predicted molar refractivity (Wildman–Crippen MR) is 72.6 cm³/mol. The summed E-state index contributed by atoms with van der Waals surface area (Å²) >= 11 is 1.13. The van der Waals surface area contributed by atoms with Gasteiger partial charge in [0.25, 0.3) is 0 Å². The van der Waals surface area contributed by atoms with Crippen molar-refractivity contribution < 1.29 is 31.1 Å². The Morgan fingerprint density at radius 3 is 2.00 bits per heavy atom. The Bertz CT molecular complexity index is 520. The molecule has 122 valence electrons. The summed E-state index contributed by atoms with van der Waals surface area (Å²) < 4.78 is 75.8. The van der Waals surface area contributed by atoms with Crippen LogP contribution in [-0.4, -0.2) is 17.4 Å².